The topological polar surface area (TPSA) is 138 Å². The summed E-state index contributed by atoms with van der Waals surface area (Å²) in [5, 5.41) is 15.7. The Kier molecular flexibility index (Phi) is 10.3. The van der Waals surface area contributed by atoms with E-state index in [1.165, 1.54) is 4.90 Å². The van der Waals surface area contributed by atoms with Crippen LogP contribution in [0, 0.1) is 0 Å². The second-order valence-electron chi connectivity index (χ2n) is 13.1. The van der Waals surface area contributed by atoms with Crippen molar-refractivity contribution in [2.45, 2.75) is 115 Å². The van der Waals surface area contributed by atoms with Gasteiger partial charge in [-0.15, -0.1) is 0 Å². The van der Waals surface area contributed by atoms with Crippen molar-refractivity contribution < 1.29 is 33.8 Å². The van der Waals surface area contributed by atoms with E-state index in [0.29, 0.717) is 32.2 Å². The van der Waals surface area contributed by atoms with Crippen LogP contribution < -0.4 is 10.6 Å². The van der Waals surface area contributed by atoms with Gasteiger partial charge in [0.25, 0.3) is 0 Å². The zero-order valence-electron chi connectivity index (χ0n) is 25.3. The van der Waals surface area contributed by atoms with Crippen LogP contribution in [0.5, 0.6) is 0 Å². The van der Waals surface area contributed by atoms with Crippen molar-refractivity contribution in [2.24, 2.45) is 0 Å². The molecule has 2 aliphatic rings. The highest BCUT2D eigenvalue weighted by atomic mass is 28.3. The minimum atomic E-state index is -1.75. The maximum Gasteiger partial charge on any atom is 0.408 e. The molecule has 3 N–H and O–H groups in total. The van der Waals surface area contributed by atoms with E-state index in [1.54, 1.807) is 4.90 Å². The molecular formula is C29H46N4O7Si. The van der Waals surface area contributed by atoms with Crippen molar-refractivity contribution in [3.05, 3.63) is 35.9 Å². The van der Waals surface area contributed by atoms with E-state index in [2.05, 4.69) is 30.3 Å². The van der Waals surface area contributed by atoms with Gasteiger partial charge < -0.3 is 35.0 Å². The second-order valence-corrected chi connectivity index (χ2v) is 18.6. The summed E-state index contributed by atoms with van der Waals surface area (Å²) in [6.07, 6.45) is -0.482. The van der Waals surface area contributed by atoms with Crippen LogP contribution in [0.3, 0.4) is 0 Å². The fourth-order valence-corrected chi connectivity index (χ4v) is 5.94. The number of alkyl carbamates (subject to hydrolysis) is 2. The van der Waals surface area contributed by atoms with E-state index in [0.717, 1.165) is 5.56 Å². The molecule has 1 aliphatic carbocycles. The number of likely N-dealkylation sites (tertiary alicyclic amines) is 1. The Balaban J connectivity index is 1.71. The van der Waals surface area contributed by atoms with Gasteiger partial charge in [0.15, 0.2) is 0 Å². The van der Waals surface area contributed by atoms with Crippen molar-refractivity contribution in [3.8, 4) is 0 Å². The Morgan fingerprint density at radius 2 is 1.73 bits per heavy atom. The molecule has 1 heterocycles. The van der Waals surface area contributed by atoms with Gasteiger partial charge in [-0.3, -0.25) is 4.79 Å². The smallest absolute Gasteiger partial charge is 0.408 e. The summed E-state index contributed by atoms with van der Waals surface area (Å²) in [4.78, 5) is 54.2. The first-order chi connectivity index (χ1) is 19.1. The molecule has 0 aromatic heterocycles. The monoisotopic (exact) mass is 590 g/mol. The van der Waals surface area contributed by atoms with Crippen LogP contribution in [0.1, 0.15) is 58.9 Å². The highest BCUT2D eigenvalue weighted by molar-refractivity contribution is 6.77. The van der Waals surface area contributed by atoms with Gasteiger partial charge in [0.1, 0.15) is 12.6 Å². The Morgan fingerprint density at radius 3 is 2.32 bits per heavy atom. The van der Waals surface area contributed by atoms with Gasteiger partial charge in [-0.25, -0.2) is 14.4 Å². The first-order valence-corrected chi connectivity index (χ1v) is 17.9. The van der Waals surface area contributed by atoms with E-state index >= 15 is 0 Å². The highest BCUT2D eigenvalue weighted by Crippen LogP contribution is 2.33. The van der Waals surface area contributed by atoms with Gasteiger partial charge in [-0.1, -0.05) is 50.0 Å². The number of benzene rings is 1. The van der Waals surface area contributed by atoms with Gasteiger partial charge in [-0.05, 0) is 58.9 Å². The number of amides is 4. The standard InChI is InChI=1S/C29H46N4O7Si/c1-19(41(5,6)7)40-27(36)31-23-17-21(33(28(37)38)29(2,3)4)13-14-24(23)32-16-15-22(25(32)34)30-26(35)39-18-20-11-9-8-10-12-20/h8-12,19,21-24H,13-18H2,1-7H3,(H,30,35)(H,31,36)(H,37,38)/t19?,21?,22?,23-,24+/m1/s1. The van der Waals surface area contributed by atoms with E-state index in [1.807, 2.05) is 58.0 Å². The van der Waals surface area contributed by atoms with Crippen molar-refractivity contribution in [1.29, 1.82) is 0 Å². The molecule has 1 aromatic rings. The lowest BCUT2D eigenvalue weighted by atomic mass is 9.83. The summed E-state index contributed by atoms with van der Waals surface area (Å²) in [5.41, 5.74) is -0.0256. The number of hydrogen-bond donors (Lipinski definition) is 3. The van der Waals surface area contributed by atoms with Crippen LogP contribution in [0.15, 0.2) is 30.3 Å². The normalized spacial score (nSPS) is 23.9. The average molecular weight is 591 g/mol. The van der Waals surface area contributed by atoms with E-state index in [4.69, 9.17) is 9.47 Å². The summed E-state index contributed by atoms with van der Waals surface area (Å²) >= 11 is 0. The Hall–Kier alpha value is -3.28. The maximum absolute atomic E-state index is 13.5. The molecule has 1 saturated carbocycles. The van der Waals surface area contributed by atoms with Gasteiger partial charge in [0, 0.05) is 18.1 Å². The molecule has 1 saturated heterocycles. The highest BCUT2D eigenvalue weighted by Gasteiger charge is 2.46. The van der Waals surface area contributed by atoms with Crippen LogP contribution >= 0.6 is 0 Å². The maximum atomic E-state index is 13.5. The predicted molar refractivity (Wildman–Crippen MR) is 157 cm³/mol. The summed E-state index contributed by atoms with van der Waals surface area (Å²) in [5.74, 6) is -0.244. The lowest BCUT2D eigenvalue weighted by molar-refractivity contribution is -0.132. The molecular weight excluding hydrogens is 544 g/mol. The number of carboxylic acid groups (broad SMARTS) is 1. The summed E-state index contributed by atoms with van der Waals surface area (Å²) in [6, 6.07) is 7.31. The van der Waals surface area contributed by atoms with Gasteiger partial charge in [0.05, 0.1) is 25.9 Å². The van der Waals surface area contributed by atoms with Gasteiger partial charge in [-0.2, -0.15) is 0 Å². The molecule has 0 spiro atoms. The van der Waals surface area contributed by atoms with Crippen LogP contribution in [0.4, 0.5) is 14.4 Å². The summed E-state index contributed by atoms with van der Waals surface area (Å²) in [6.45, 7) is 14.2. The third-order valence-electron chi connectivity index (χ3n) is 8.03. The van der Waals surface area contributed by atoms with E-state index in [9.17, 15) is 24.3 Å². The quantitative estimate of drug-likeness (QED) is 0.377. The van der Waals surface area contributed by atoms with Crippen molar-refractivity contribution in [1.82, 2.24) is 20.4 Å². The van der Waals surface area contributed by atoms with Gasteiger partial charge in [0.2, 0.25) is 5.91 Å². The number of hydrogen-bond acceptors (Lipinski definition) is 6. The molecule has 12 heteroatoms. The van der Waals surface area contributed by atoms with E-state index in [-0.39, 0.29) is 30.3 Å². The molecule has 41 heavy (non-hydrogen) atoms. The molecule has 3 unspecified atom stereocenters. The van der Waals surface area contributed by atoms with Crippen LogP contribution in [0.25, 0.3) is 0 Å². The minimum absolute atomic E-state index is 0.0963. The van der Waals surface area contributed by atoms with Crippen molar-refractivity contribution in [2.75, 3.05) is 6.54 Å². The molecule has 4 amide bonds. The third-order valence-corrected chi connectivity index (χ3v) is 10.6. The Bertz CT molecular complexity index is 1090. The Morgan fingerprint density at radius 1 is 1.07 bits per heavy atom. The number of nitrogens with zero attached hydrogens (tertiary/aromatic N) is 2. The largest absolute Gasteiger partial charge is 0.465 e. The lowest BCUT2D eigenvalue weighted by Gasteiger charge is -2.47. The summed E-state index contributed by atoms with van der Waals surface area (Å²) < 4.78 is 11.0. The van der Waals surface area contributed by atoms with E-state index < -0.39 is 44.0 Å². The Labute approximate surface area is 243 Å². The lowest BCUT2D eigenvalue weighted by Crippen LogP contribution is -2.61. The molecule has 0 radical (unpaired) electrons. The van der Waals surface area contributed by atoms with Crippen molar-refractivity contribution in [3.63, 3.8) is 0 Å². The fraction of sp³-hybridized carbons (Fsp3) is 0.655. The predicted octanol–water partition coefficient (Wildman–Crippen LogP) is 4.57. The first-order valence-electron chi connectivity index (χ1n) is 14.3. The minimum Gasteiger partial charge on any atom is -0.465 e. The SMILES string of the molecule is CC(OC(=O)N[C@@H]1CC(N(C(=O)O)C(C)(C)C)CC[C@@H]1N1CCC(NC(=O)OCc2ccccc2)C1=O)[Si](C)(C)C. The van der Waals surface area contributed by atoms with Crippen molar-refractivity contribution >= 4 is 32.3 Å². The number of rotatable bonds is 8. The molecule has 11 nitrogen and oxygen atoms in total. The summed E-state index contributed by atoms with van der Waals surface area (Å²) in [7, 11) is -1.75. The van der Waals surface area contributed by atoms with Gasteiger partial charge >= 0.3 is 18.3 Å². The van der Waals surface area contributed by atoms with Crippen LogP contribution in [-0.4, -0.2) is 89.1 Å². The molecule has 0 bridgehead atoms. The number of carbonyl (C=O) groups excluding carboxylic acids is 3. The molecule has 5 atom stereocenters. The molecule has 228 valence electrons. The second kappa shape index (κ2) is 13.1. The number of carbonyl (C=O) groups is 4. The molecule has 3 rings (SSSR count). The average Bonchev–Trinajstić information content (AvgIpc) is 3.21. The zero-order valence-corrected chi connectivity index (χ0v) is 26.3. The zero-order chi connectivity index (χ0) is 30.5. The third kappa shape index (κ3) is 8.60. The number of nitrogens with one attached hydrogen (secondary N) is 2. The first kappa shape index (κ1) is 32.2. The van der Waals surface area contributed by atoms with Crippen LogP contribution in [0.2, 0.25) is 19.6 Å². The van der Waals surface area contributed by atoms with Crippen LogP contribution in [-0.2, 0) is 20.9 Å². The number of ether oxygens (including phenoxy) is 2. The molecule has 1 aromatic carbocycles. The molecule has 1 aliphatic heterocycles. The molecule has 2 fully saturated rings. The fourth-order valence-electron chi connectivity index (χ4n) is 5.48.